The van der Waals surface area contributed by atoms with Gasteiger partial charge in [-0.3, -0.25) is 9.69 Å². The average Bonchev–Trinajstić information content (AvgIpc) is 3.61. The first kappa shape index (κ1) is 34.5. The van der Waals surface area contributed by atoms with Crippen LogP contribution in [0.1, 0.15) is 52.5 Å². The van der Waals surface area contributed by atoms with Crippen molar-refractivity contribution in [1.82, 2.24) is 29.7 Å². The third-order valence-corrected chi connectivity index (χ3v) is 10.5. The molecule has 2 N–H and O–H groups in total. The van der Waals surface area contributed by atoms with E-state index in [9.17, 15) is 9.59 Å². The Morgan fingerprint density at radius 2 is 1.87 bits per heavy atom. The zero-order valence-electron chi connectivity index (χ0n) is 26.8. The second kappa shape index (κ2) is 15.9. The number of Topliss-reactive ketones (excluding diaryl/α,β-unsaturated/α-hetero) is 1. The standard InChI is InChI=1S/C31H42Cl2N8O4S/c1-5-44-23-18-41(9-7-20(23)15-22(42)28-26(33)25(32)19(3)37-28)31-38-27(29(46-31)30(43)45-6-2)21-16-36-24(17-35-21)34-8-10-40-13-11-39(4)12-14-40/h16-17,20,23,37H,5-15,18H2,1-4H3,(H,34,36)/t20-,23-/m0/s1. The lowest BCUT2D eigenvalue weighted by molar-refractivity contribution is 0.0103. The van der Waals surface area contributed by atoms with E-state index in [0.29, 0.717) is 69.7 Å². The maximum absolute atomic E-state index is 13.2. The number of hydrogen-bond acceptors (Lipinski definition) is 12. The van der Waals surface area contributed by atoms with Crippen LogP contribution in [0.15, 0.2) is 12.4 Å². The summed E-state index contributed by atoms with van der Waals surface area (Å²) in [6.07, 6.45) is 4.06. The molecule has 0 aromatic carbocycles. The summed E-state index contributed by atoms with van der Waals surface area (Å²) in [6.45, 7) is 13.4. The molecule has 2 aliphatic heterocycles. The largest absolute Gasteiger partial charge is 0.462 e. The van der Waals surface area contributed by atoms with Gasteiger partial charge in [0.15, 0.2) is 10.9 Å². The molecule has 0 unspecified atom stereocenters. The van der Waals surface area contributed by atoms with Gasteiger partial charge in [0.05, 0.1) is 35.1 Å². The quantitative estimate of drug-likeness (QED) is 0.188. The Labute approximate surface area is 283 Å². The van der Waals surface area contributed by atoms with Crippen LogP contribution < -0.4 is 10.2 Å². The lowest BCUT2D eigenvalue weighted by Gasteiger charge is -2.38. The second-order valence-electron chi connectivity index (χ2n) is 11.6. The number of hydrogen-bond donors (Lipinski definition) is 2. The molecule has 3 aromatic rings. The average molecular weight is 694 g/mol. The zero-order chi connectivity index (χ0) is 32.8. The van der Waals surface area contributed by atoms with Gasteiger partial charge in [-0.25, -0.2) is 19.7 Å². The van der Waals surface area contributed by atoms with E-state index in [1.807, 2.05) is 6.92 Å². The van der Waals surface area contributed by atoms with Crippen molar-refractivity contribution in [3.8, 4) is 11.4 Å². The molecule has 250 valence electrons. The first-order valence-electron chi connectivity index (χ1n) is 15.8. The number of aromatic amines is 1. The van der Waals surface area contributed by atoms with Crippen LogP contribution in [0.25, 0.3) is 11.4 Å². The van der Waals surface area contributed by atoms with Crippen LogP contribution in [-0.4, -0.2) is 120 Å². The van der Waals surface area contributed by atoms with Crippen molar-refractivity contribution >= 4 is 57.2 Å². The molecule has 5 heterocycles. The van der Waals surface area contributed by atoms with Crippen LogP contribution in [-0.2, 0) is 9.47 Å². The van der Waals surface area contributed by atoms with Crippen molar-refractivity contribution in [1.29, 1.82) is 0 Å². The number of halogens is 2. The molecule has 15 heteroatoms. The number of nitrogens with one attached hydrogen (secondary N) is 2. The molecule has 12 nitrogen and oxygen atoms in total. The molecule has 0 aliphatic carbocycles. The van der Waals surface area contributed by atoms with Crippen LogP contribution in [0, 0.1) is 12.8 Å². The number of aromatic nitrogens is 4. The number of rotatable bonds is 13. The Morgan fingerprint density at radius 3 is 2.52 bits per heavy atom. The minimum absolute atomic E-state index is 0.0201. The van der Waals surface area contributed by atoms with Crippen LogP contribution in [0.2, 0.25) is 10.0 Å². The zero-order valence-corrected chi connectivity index (χ0v) is 29.1. The minimum Gasteiger partial charge on any atom is -0.462 e. The summed E-state index contributed by atoms with van der Waals surface area (Å²) in [5.41, 5.74) is 1.94. The minimum atomic E-state index is -0.448. The number of piperidine rings is 1. The number of piperazine rings is 1. The van der Waals surface area contributed by atoms with E-state index in [-0.39, 0.29) is 35.9 Å². The Kier molecular flexibility index (Phi) is 11.9. The number of ether oxygens (including phenoxy) is 2. The monoisotopic (exact) mass is 692 g/mol. The van der Waals surface area contributed by atoms with Gasteiger partial charge >= 0.3 is 5.97 Å². The Bertz CT molecular complexity index is 1490. The SMILES string of the molecule is CCOC(=O)c1sc(N2CC[C@@H](CC(=O)c3[nH]c(C)c(Cl)c3Cl)[C@@H](OCC)C2)nc1-c1cnc(NCCN2CCN(C)CC2)cn1. The predicted molar refractivity (Wildman–Crippen MR) is 182 cm³/mol. The predicted octanol–water partition coefficient (Wildman–Crippen LogP) is 4.88. The fourth-order valence-corrected chi connectivity index (χ4v) is 7.23. The van der Waals surface area contributed by atoms with E-state index >= 15 is 0 Å². The molecule has 0 bridgehead atoms. The van der Waals surface area contributed by atoms with Crippen LogP contribution in [0.3, 0.4) is 0 Å². The van der Waals surface area contributed by atoms with Crippen molar-refractivity contribution in [2.45, 2.75) is 39.7 Å². The number of thiazole rings is 1. The van der Waals surface area contributed by atoms with Crippen LogP contribution >= 0.6 is 34.5 Å². The van der Waals surface area contributed by atoms with Crippen molar-refractivity contribution in [3.63, 3.8) is 0 Å². The summed E-state index contributed by atoms with van der Waals surface area (Å²) in [6, 6.07) is 0. The smallest absolute Gasteiger partial charge is 0.350 e. The summed E-state index contributed by atoms with van der Waals surface area (Å²) in [5.74, 6) is 0.102. The number of ketones is 1. The molecule has 0 spiro atoms. The number of H-pyrrole nitrogens is 1. The van der Waals surface area contributed by atoms with E-state index in [0.717, 1.165) is 39.3 Å². The van der Waals surface area contributed by atoms with Crippen molar-refractivity contribution in [2.24, 2.45) is 5.92 Å². The fourth-order valence-electron chi connectivity index (χ4n) is 5.79. The molecule has 46 heavy (non-hydrogen) atoms. The summed E-state index contributed by atoms with van der Waals surface area (Å²) in [4.78, 5) is 50.5. The van der Waals surface area contributed by atoms with Gasteiger partial charge in [0.1, 0.15) is 27.8 Å². The fraction of sp³-hybridized carbons (Fsp3) is 0.581. The molecule has 2 aliphatic rings. The summed E-state index contributed by atoms with van der Waals surface area (Å²) < 4.78 is 11.5. The van der Waals surface area contributed by atoms with Gasteiger partial charge in [-0.2, -0.15) is 0 Å². The third kappa shape index (κ3) is 8.18. The topological polar surface area (TPSA) is 129 Å². The van der Waals surface area contributed by atoms with Gasteiger partial charge in [0.25, 0.3) is 0 Å². The lowest BCUT2D eigenvalue weighted by Crippen LogP contribution is -2.46. The highest BCUT2D eigenvalue weighted by atomic mass is 35.5. The summed E-state index contributed by atoms with van der Waals surface area (Å²) in [5, 5.41) is 4.64. The number of nitrogens with zero attached hydrogens (tertiary/aromatic N) is 6. The van der Waals surface area contributed by atoms with Crippen molar-refractivity contribution in [2.75, 3.05) is 82.8 Å². The van der Waals surface area contributed by atoms with Crippen LogP contribution in [0.4, 0.5) is 10.9 Å². The molecule has 3 aromatic heterocycles. The molecular weight excluding hydrogens is 651 g/mol. The van der Waals surface area contributed by atoms with Gasteiger partial charge in [0, 0.05) is 71.1 Å². The second-order valence-corrected chi connectivity index (χ2v) is 13.4. The van der Waals surface area contributed by atoms with Crippen molar-refractivity contribution in [3.05, 3.63) is 38.7 Å². The van der Waals surface area contributed by atoms with E-state index in [4.69, 9.17) is 37.7 Å². The molecule has 2 atom stereocenters. The van der Waals surface area contributed by atoms with E-state index in [1.54, 1.807) is 26.2 Å². The number of anilines is 2. The molecule has 0 saturated carbocycles. The maximum Gasteiger partial charge on any atom is 0.350 e. The van der Waals surface area contributed by atoms with Gasteiger partial charge in [-0.15, -0.1) is 0 Å². The Balaban J connectivity index is 1.27. The number of carbonyl (C=O) groups is 2. The maximum atomic E-state index is 13.2. The van der Waals surface area contributed by atoms with Gasteiger partial charge in [-0.05, 0) is 40.2 Å². The molecule has 2 saturated heterocycles. The van der Waals surface area contributed by atoms with Crippen LogP contribution in [0.5, 0.6) is 0 Å². The molecule has 2 fully saturated rings. The molecular formula is C31H42Cl2N8O4S. The number of esters is 1. The van der Waals surface area contributed by atoms with E-state index in [1.165, 1.54) is 11.3 Å². The lowest BCUT2D eigenvalue weighted by atomic mass is 9.88. The van der Waals surface area contributed by atoms with Gasteiger partial charge in [-0.1, -0.05) is 34.5 Å². The number of carbonyl (C=O) groups excluding carboxylic acids is 2. The van der Waals surface area contributed by atoms with E-state index < -0.39 is 5.97 Å². The molecule has 0 radical (unpaired) electrons. The summed E-state index contributed by atoms with van der Waals surface area (Å²) >= 11 is 13.8. The van der Waals surface area contributed by atoms with Gasteiger partial charge < -0.3 is 29.6 Å². The van der Waals surface area contributed by atoms with Gasteiger partial charge in [0.2, 0.25) is 0 Å². The Hall–Kier alpha value is -2.81. The summed E-state index contributed by atoms with van der Waals surface area (Å²) in [7, 11) is 2.15. The normalized spacial score (nSPS) is 19.4. The molecule has 5 rings (SSSR count). The highest BCUT2D eigenvalue weighted by Crippen LogP contribution is 2.37. The van der Waals surface area contributed by atoms with Crippen molar-refractivity contribution < 1.29 is 19.1 Å². The highest BCUT2D eigenvalue weighted by Gasteiger charge is 2.35. The molecule has 0 amide bonds. The highest BCUT2D eigenvalue weighted by molar-refractivity contribution is 7.17. The number of likely N-dealkylation sites (N-methyl/N-ethyl adjacent to an activating group) is 1. The Morgan fingerprint density at radius 1 is 1.09 bits per heavy atom. The number of aryl methyl sites for hydroxylation is 1. The first-order valence-corrected chi connectivity index (χ1v) is 17.3. The first-order chi connectivity index (χ1) is 22.2. The third-order valence-electron chi connectivity index (χ3n) is 8.43. The van der Waals surface area contributed by atoms with E-state index in [2.05, 4.69) is 42.0 Å².